The minimum atomic E-state index is -0.265. The number of aromatic nitrogens is 2. The van der Waals surface area contributed by atoms with E-state index in [4.69, 9.17) is 16.3 Å². The Bertz CT molecular complexity index is 1040. The number of piperidine rings is 1. The maximum absolute atomic E-state index is 12.7. The molecule has 1 aromatic carbocycles. The maximum atomic E-state index is 12.7. The van der Waals surface area contributed by atoms with Gasteiger partial charge in [-0.3, -0.25) is 14.4 Å². The molecule has 8 nitrogen and oxygen atoms in total. The molecule has 1 aromatic heterocycles. The fourth-order valence-electron chi connectivity index (χ4n) is 3.85. The highest BCUT2D eigenvalue weighted by atomic mass is 35.5. The maximum Gasteiger partial charge on any atom is 0.309 e. The van der Waals surface area contributed by atoms with Crippen LogP contribution in [0.4, 0.5) is 5.82 Å². The number of nitrogens with one attached hydrogen (secondary N) is 1. The number of carbonyl (C=O) groups excluding carboxylic acids is 3. The molecule has 0 atom stereocenters. The number of nitrogens with zero attached hydrogens (tertiary/aromatic N) is 3. The van der Waals surface area contributed by atoms with Crippen molar-refractivity contribution in [3.63, 3.8) is 0 Å². The molecule has 0 spiro atoms. The van der Waals surface area contributed by atoms with E-state index in [-0.39, 0.29) is 42.0 Å². The van der Waals surface area contributed by atoms with Gasteiger partial charge in [-0.1, -0.05) is 38.4 Å². The topological polar surface area (TPSA) is 93.5 Å². The van der Waals surface area contributed by atoms with E-state index in [9.17, 15) is 14.4 Å². The van der Waals surface area contributed by atoms with Gasteiger partial charge in [-0.25, -0.2) is 4.68 Å². The van der Waals surface area contributed by atoms with Crippen LogP contribution in [0.3, 0.4) is 0 Å². The van der Waals surface area contributed by atoms with Crippen LogP contribution >= 0.6 is 11.6 Å². The summed E-state index contributed by atoms with van der Waals surface area (Å²) in [6, 6.07) is 9.09. The highest BCUT2D eigenvalue weighted by molar-refractivity contribution is 6.30. The van der Waals surface area contributed by atoms with Crippen molar-refractivity contribution in [3.05, 3.63) is 41.0 Å². The minimum Gasteiger partial charge on any atom is -0.466 e. The predicted molar refractivity (Wildman–Crippen MR) is 131 cm³/mol. The number of anilines is 1. The van der Waals surface area contributed by atoms with Gasteiger partial charge in [0, 0.05) is 42.4 Å². The summed E-state index contributed by atoms with van der Waals surface area (Å²) in [4.78, 5) is 38.9. The van der Waals surface area contributed by atoms with Crippen LogP contribution in [-0.4, -0.2) is 52.2 Å². The van der Waals surface area contributed by atoms with Crippen molar-refractivity contribution >= 4 is 35.2 Å². The first-order valence-corrected chi connectivity index (χ1v) is 12.1. The Morgan fingerprint density at radius 1 is 1.15 bits per heavy atom. The van der Waals surface area contributed by atoms with Gasteiger partial charge in [0.25, 0.3) is 0 Å². The van der Waals surface area contributed by atoms with Gasteiger partial charge in [-0.05, 0) is 38.0 Å². The molecule has 2 heterocycles. The molecule has 1 saturated heterocycles. The van der Waals surface area contributed by atoms with E-state index in [1.807, 2.05) is 39.0 Å². The molecule has 2 aromatic rings. The van der Waals surface area contributed by atoms with E-state index in [1.165, 1.54) is 0 Å². The minimum absolute atomic E-state index is 0.0578. The van der Waals surface area contributed by atoms with Crippen molar-refractivity contribution in [2.75, 3.05) is 25.0 Å². The molecule has 2 amide bonds. The summed E-state index contributed by atoms with van der Waals surface area (Å²) in [5.74, 6) is -0.175. The average Bonchev–Trinajstić information content (AvgIpc) is 3.22. The number of amides is 2. The number of rotatable bonds is 7. The van der Waals surface area contributed by atoms with Crippen molar-refractivity contribution in [1.82, 2.24) is 14.7 Å². The summed E-state index contributed by atoms with van der Waals surface area (Å²) in [7, 11) is 0. The number of hydrogen-bond donors (Lipinski definition) is 1. The first kappa shape index (κ1) is 25.7. The van der Waals surface area contributed by atoms with E-state index in [1.54, 1.807) is 28.6 Å². The molecular weight excluding hydrogens is 456 g/mol. The number of likely N-dealkylation sites (tertiary alicyclic amines) is 1. The summed E-state index contributed by atoms with van der Waals surface area (Å²) >= 11 is 6.15. The summed E-state index contributed by atoms with van der Waals surface area (Å²) < 4.78 is 6.73. The van der Waals surface area contributed by atoms with E-state index < -0.39 is 0 Å². The average molecular weight is 489 g/mol. The van der Waals surface area contributed by atoms with Crippen LogP contribution in [0.25, 0.3) is 5.69 Å². The largest absolute Gasteiger partial charge is 0.466 e. The summed E-state index contributed by atoms with van der Waals surface area (Å²) in [6.07, 6.45) is 1.34. The molecule has 1 N–H and O–H groups in total. The Hall–Kier alpha value is -2.87. The van der Waals surface area contributed by atoms with Crippen LogP contribution in [0.15, 0.2) is 30.3 Å². The highest BCUT2D eigenvalue weighted by Gasteiger charge is 2.28. The first-order valence-electron chi connectivity index (χ1n) is 11.7. The third-order valence-electron chi connectivity index (χ3n) is 5.83. The fraction of sp³-hybridized carbons (Fsp3) is 0.520. The zero-order valence-electron chi connectivity index (χ0n) is 20.3. The molecule has 0 radical (unpaired) electrons. The van der Waals surface area contributed by atoms with Crippen LogP contribution in [0.2, 0.25) is 5.02 Å². The van der Waals surface area contributed by atoms with Crippen molar-refractivity contribution in [2.45, 2.75) is 58.8 Å². The zero-order valence-corrected chi connectivity index (χ0v) is 21.0. The highest BCUT2D eigenvalue weighted by Crippen LogP contribution is 2.27. The van der Waals surface area contributed by atoms with Crippen molar-refractivity contribution < 1.29 is 19.1 Å². The molecule has 184 valence electrons. The number of halogens is 1. The standard InChI is InChI=1S/C25H33ClN4O4/c1-5-34-24(33)17-11-13-29(14-12-17)23(32)10-9-22(31)27-21-16-20(25(2,3)4)28-30(21)19-8-6-7-18(26)15-19/h6-8,15-17H,5,9-14H2,1-4H3,(H,27,31). The summed E-state index contributed by atoms with van der Waals surface area (Å²) in [5.41, 5.74) is 1.34. The number of ether oxygens (including phenoxy) is 1. The molecule has 3 rings (SSSR count). The van der Waals surface area contributed by atoms with Gasteiger partial charge in [0.1, 0.15) is 5.82 Å². The summed E-state index contributed by atoms with van der Waals surface area (Å²) in [5, 5.41) is 8.15. The Balaban J connectivity index is 1.60. The van der Waals surface area contributed by atoms with E-state index in [2.05, 4.69) is 10.4 Å². The molecule has 0 aliphatic carbocycles. The second kappa shape index (κ2) is 11.0. The normalized spacial score (nSPS) is 14.7. The molecule has 1 fully saturated rings. The van der Waals surface area contributed by atoms with E-state index >= 15 is 0 Å². The van der Waals surface area contributed by atoms with Gasteiger partial charge >= 0.3 is 5.97 Å². The number of carbonyl (C=O) groups is 3. The third-order valence-corrected chi connectivity index (χ3v) is 6.07. The van der Waals surface area contributed by atoms with Gasteiger partial charge in [-0.15, -0.1) is 0 Å². The lowest BCUT2D eigenvalue weighted by Gasteiger charge is -2.30. The smallest absolute Gasteiger partial charge is 0.309 e. The first-order chi connectivity index (χ1) is 16.1. The molecule has 0 bridgehead atoms. The summed E-state index contributed by atoms with van der Waals surface area (Å²) in [6.45, 7) is 9.29. The zero-order chi connectivity index (χ0) is 24.9. The lowest BCUT2D eigenvalue weighted by Crippen LogP contribution is -2.40. The molecule has 0 unspecified atom stereocenters. The fourth-order valence-corrected chi connectivity index (χ4v) is 4.03. The van der Waals surface area contributed by atoms with E-state index in [0.29, 0.717) is 43.4 Å². The monoisotopic (exact) mass is 488 g/mol. The van der Waals surface area contributed by atoms with Crippen LogP contribution in [-0.2, 0) is 24.5 Å². The van der Waals surface area contributed by atoms with Crippen LogP contribution in [0.1, 0.15) is 59.1 Å². The van der Waals surface area contributed by atoms with Crippen molar-refractivity contribution in [2.24, 2.45) is 5.92 Å². The Kier molecular flexibility index (Phi) is 8.36. The Labute approximate surface area is 205 Å². The van der Waals surface area contributed by atoms with Crippen LogP contribution in [0, 0.1) is 5.92 Å². The predicted octanol–water partition coefficient (Wildman–Crippen LogP) is 4.34. The SMILES string of the molecule is CCOC(=O)C1CCN(C(=O)CCC(=O)Nc2cc(C(C)(C)C)nn2-c2cccc(Cl)c2)CC1. The van der Waals surface area contributed by atoms with Gasteiger partial charge in [0.2, 0.25) is 11.8 Å². The lowest BCUT2D eigenvalue weighted by atomic mass is 9.92. The third kappa shape index (κ3) is 6.59. The second-order valence-corrected chi connectivity index (χ2v) is 9.95. The molecule has 1 aliphatic heterocycles. The Morgan fingerprint density at radius 2 is 1.85 bits per heavy atom. The van der Waals surface area contributed by atoms with Crippen molar-refractivity contribution in [3.8, 4) is 5.69 Å². The molecule has 9 heteroatoms. The molecule has 1 aliphatic rings. The van der Waals surface area contributed by atoms with Gasteiger partial charge < -0.3 is 15.0 Å². The number of esters is 1. The molecule has 34 heavy (non-hydrogen) atoms. The van der Waals surface area contributed by atoms with Gasteiger partial charge in [0.05, 0.1) is 23.9 Å². The van der Waals surface area contributed by atoms with Crippen molar-refractivity contribution in [1.29, 1.82) is 0 Å². The second-order valence-electron chi connectivity index (χ2n) is 9.51. The number of benzene rings is 1. The van der Waals surface area contributed by atoms with Gasteiger partial charge in [0.15, 0.2) is 0 Å². The Morgan fingerprint density at radius 3 is 2.47 bits per heavy atom. The molecular formula is C25H33ClN4O4. The lowest BCUT2D eigenvalue weighted by molar-refractivity contribution is -0.151. The van der Waals surface area contributed by atoms with Gasteiger partial charge in [-0.2, -0.15) is 5.10 Å². The molecule has 0 saturated carbocycles. The quantitative estimate of drug-likeness (QED) is 0.585. The number of hydrogen-bond acceptors (Lipinski definition) is 5. The van der Waals surface area contributed by atoms with Crippen LogP contribution in [0.5, 0.6) is 0 Å². The van der Waals surface area contributed by atoms with E-state index in [0.717, 1.165) is 11.4 Å². The van der Waals surface area contributed by atoms with Crippen LogP contribution < -0.4 is 5.32 Å².